The molecule has 0 aromatic carbocycles. The topological polar surface area (TPSA) is 111 Å². The first-order valence-electron chi connectivity index (χ1n) is 5.96. The Morgan fingerprint density at radius 3 is 2.95 bits per heavy atom. The third-order valence-electron chi connectivity index (χ3n) is 3.34. The molecule has 8 heteroatoms. The van der Waals surface area contributed by atoms with Crippen LogP contribution in [0.5, 0.6) is 0 Å². The summed E-state index contributed by atoms with van der Waals surface area (Å²) in [7, 11) is 0. The summed E-state index contributed by atoms with van der Waals surface area (Å²) in [6, 6.07) is 1.31. The summed E-state index contributed by atoms with van der Waals surface area (Å²) < 4.78 is 20.8. The highest BCUT2D eigenvalue weighted by Gasteiger charge is 2.56. The fraction of sp³-hybridized carbons (Fsp3) is 0.500. The summed E-state index contributed by atoms with van der Waals surface area (Å²) >= 11 is 0. The fourth-order valence-electron chi connectivity index (χ4n) is 2.17. The van der Waals surface area contributed by atoms with Crippen molar-refractivity contribution in [3.8, 4) is 0 Å². The lowest BCUT2D eigenvalue weighted by Crippen LogP contribution is -2.44. The third kappa shape index (κ3) is 2.21. The maximum absolute atomic E-state index is 14.6. The van der Waals surface area contributed by atoms with Gasteiger partial charge in [-0.2, -0.15) is 4.98 Å². The van der Waals surface area contributed by atoms with Crippen molar-refractivity contribution in [1.29, 1.82) is 0 Å². The average Bonchev–Trinajstić information content (AvgIpc) is 2.61. The molecule has 0 aliphatic carbocycles. The van der Waals surface area contributed by atoms with Gasteiger partial charge in [0.25, 0.3) is 0 Å². The fourth-order valence-corrected chi connectivity index (χ4v) is 2.17. The molecule has 2 heterocycles. The van der Waals surface area contributed by atoms with E-state index < -0.39 is 35.9 Å². The van der Waals surface area contributed by atoms with E-state index in [1.165, 1.54) is 12.3 Å². The number of ether oxygens (including phenoxy) is 1. The molecule has 1 aromatic rings. The van der Waals surface area contributed by atoms with Crippen LogP contribution in [-0.4, -0.2) is 43.7 Å². The van der Waals surface area contributed by atoms with Crippen LogP contribution < -0.4 is 11.4 Å². The van der Waals surface area contributed by atoms with Gasteiger partial charge in [-0.1, -0.05) is 6.08 Å². The van der Waals surface area contributed by atoms with Gasteiger partial charge in [-0.15, -0.1) is 6.58 Å². The summed E-state index contributed by atoms with van der Waals surface area (Å²) in [6.45, 7) is 4.44. The highest BCUT2D eigenvalue weighted by molar-refractivity contribution is 5.24. The second-order valence-electron chi connectivity index (χ2n) is 4.82. The zero-order chi connectivity index (χ0) is 15.1. The van der Waals surface area contributed by atoms with Gasteiger partial charge in [0, 0.05) is 6.20 Å². The Kier molecular flexibility index (Phi) is 3.63. The summed E-state index contributed by atoms with van der Waals surface area (Å²) in [6.07, 6.45) is -3.18. The molecule has 0 bridgehead atoms. The summed E-state index contributed by atoms with van der Waals surface area (Å²) in [5, 5.41) is 19.6. The van der Waals surface area contributed by atoms with Gasteiger partial charge in [-0.25, -0.2) is 9.18 Å². The van der Waals surface area contributed by atoms with Crippen LogP contribution in [0.25, 0.3) is 0 Å². The number of anilines is 1. The number of alkyl halides is 1. The molecule has 0 spiro atoms. The maximum Gasteiger partial charge on any atom is 0.351 e. The molecule has 4 N–H and O–H groups in total. The van der Waals surface area contributed by atoms with Crippen molar-refractivity contribution in [2.24, 2.45) is 0 Å². The Hall–Kier alpha value is -1.77. The Bertz CT molecular complexity index is 574. The van der Waals surface area contributed by atoms with Crippen LogP contribution in [0.15, 0.2) is 29.7 Å². The maximum atomic E-state index is 14.6. The van der Waals surface area contributed by atoms with Crippen molar-refractivity contribution in [2.75, 3.05) is 5.73 Å². The standard InChI is InChI=1S/C12H16FN3O4/c1-3-6(17)8-9(18)12(2,13)10(20-8)16-5-4-7(14)15-11(16)19/h3-6,8-10,17-18H,1H2,2H3,(H2,14,15,19)/t6-,8+,9+,10+,12-/m0/s1. The first-order chi connectivity index (χ1) is 9.28. The number of rotatable bonds is 3. The summed E-state index contributed by atoms with van der Waals surface area (Å²) in [4.78, 5) is 15.2. The van der Waals surface area contributed by atoms with Gasteiger partial charge in [0.05, 0.1) is 0 Å². The largest absolute Gasteiger partial charge is 0.387 e. The molecule has 1 fully saturated rings. The molecule has 0 saturated carbocycles. The lowest BCUT2D eigenvalue weighted by molar-refractivity contribution is -0.0756. The summed E-state index contributed by atoms with van der Waals surface area (Å²) in [5.74, 6) is -0.00645. The van der Waals surface area contributed by atoms with Crippen LogP contribution in [0.3, 0.4) is 0 Å². The van der Waals surface area contributed by atoms with Crippen LogP contribution in [0.4, 0.5) is 10.2 Å². The SMILES string of the molecule is C=C[C@H](O)[C@H]1O[C@@H](n2ccc(N)nc2=O)[C@@](C)(F)[C@@H]1O. The van der Waals surface area contributed by atoms with Gasteiger partial charge in [-0.05, 0) is 13.0 Å². The minimum Gasteiger partial charge on any atom is -0.387 e. The lowest BCUT2D eigenvalue weighted by atomic mass is 9.96. The van der Waals surface area contributed by atoms with E-state index in [0.29, 0.717) is 0 Å². The number of aromatic nitrogens is 2. The van der Waals surface area contributed by atoms with E-state index in [-0.39, 0.29) is 5.82 Å². The van der Waals surface area contributed by atoms with Gasteiger partial charge < -0.3 is 20.7 Å². The van der Waals surface area contributed by atoms with Crippen LogP contribution in [0.2, 0.25) is 0 Å². The normalized spacial score (nSPS) is 34.9. The second kappa shape index (κ2) is 4.97. The lowest BCUT2D eigenvalue weighted by Gasteiger charge is -2.24. The Balaban J connectivity index is 2.42. The van der Waals surface area contributed by atoms with Crippen molar-refractivity contribution in [2.45, 2.75) is 37.1 Å². The van der Waals surface area contributed by atoms with Gasteiger partial charge in [0.15, 0.2) is 11.9 Å². The van der Waals surface area contributed by atoms with Crippen molar-refractivity contribution in [3.05, 3.63) is 35.4 Å². The number of nitrogens with zero attached hydrogens (tertiary/aromatic N) is 2. The number of nitrogen functional groups attached to an aromatic ring is 1. The molecule has 110 valence electrons. The van der Waals surface area contributed by atoms with E-state index >= 15 is 0 Å². The smallest absolute Gasteiger partial charge is 0.351 e. The molecule has 20 heavy (non-hydrogen) atoms. The van der Waals surface area contributed by atoms with Crippen molar-refractivity contribution >= 4 is 5.82 Å². The number of aliphatic hydroxyl groups is 2. The zero-order valence-electron chi connectivity index (χ0n) is 10.8. The van der Waals surface area contributed by atoms with E-state index in [4.69, 9.17) is 10.5 Å². The van der Waals surface area contributed by atoms with E-state index in [9.17, 15) is 19.4 Å². The molecular weight excluding hydrogens is 269 g/mol. The average molecular weight is 285 g/mol. The number of hydrogen-bond acceptors (Lipinski definition) is 6. The number of hydrogen-bond donors (Lipinski definition) is 3. The molecule has 5 atom stereocenters. The molecule has 1 aliphatic heterocycles. The van der Waals surface area contributed by atoms with Crippen LogP contribution in [0.1, 0.15) is 13.2 Å². The second-order valence-corrected chi connectivity index (χ2v) is 4.82. The van der Waals surface area contributed by atoms with Gasteiger partial charge >= 0.3 is 5.69 Å². The number of halogens is 1. The molecule has 1 aliphatic rings. The van der Waals surface area contributed by atoms with Crippen molar-refractivity contribution in [1.82, 2.24) is 9.55 Å². The Morgan fingerprint density at radius 1 is 1.75 bits per heavy atom. The molecule has 7 nitrogen and oxygen atoms in total. The quantitative estimate of drug-likeness (QED) is 0.637. The van der Waals surface area contributed by atoms with Crippen molar-refractivity contribution < 1.29 is 19.3 Å². The van der Waals surface area contributed by atoms with E-state index in [1.54, 1.807) is 0 Å². The van der Waals surface area contributed by atoms with Crippen molar-refractivity contribution in [3.63, 3.8) is 0 Å². The minimum atomic E-state index is -2.28. The molecule has 0 unspecified atom stereocenters. The zero-order valence-corrected chi connectivity index (χ0v) is 10.8. The van der Waals surface area contributed by atoms with E-state index in [1.807, 2.05) is 0 Å². The highest BCUT2D eigenvalue weighted by atomic mass is 19.1. The van der Waals surface area contributed by atoms with Gasteiger partial charge in [-0.3, -0.25) is 4.57 Å². The predicted molar refractivity (Wildman–Crippen MR) is 68.5 cm³/mol. The van der Waals surface area contributed by atoms with E-state index in [0.717, 1.165) is 17.6 Å². The molecule has 0 amide bonds. The predicted octanol–water partition coefficient (Wildman–Crippen LogP) is -0.641. The monoisotopic (exact) mass is 285 g/mol. The third-order valence-corrected chi connectivity index (χ3v) is 3.34. The molecule has 0 radical (unpaired) electrons. The Morgan fingerprint density at radius 2 is 2.40 bits per heavy atom. The summed E-state index contributed by atoms with van der Waals surface area (Å²) in [5.41, 5.74) is 2.27. The first kappa shape index (κ1) is 14.6. The first-order valence-corrected chi connectivity index (χ1v) is 5.96. The molecular formula is C12H16FN3O4. The minimum absolute atomic E-state index is 0.00645. The molecule has 1 aromatic heterocycles. The van der Waals surface area contributed by atoms with Crippen LogP contribution in [-0.2, 0) is 4.74 Å². The highest BCUT2D eigenvalue weighted by Crippen LogP contribution is 2.41. The van der Waals surface area contributed by atoms with Crippen LogP contribution >= 0.6 is 0 Å². The number of nitrogens with two attached hydrogens (primary N) is 1. The van der Waals surface area contributed by atoms with Crippen LogP contribution in [0, 0.1) is 0 Å². The van der Waals surface area contributed by atoms with E-state index in [2.05, 4.69) is 11.6 Å². The van der Waals surface area contributed by atoms with Gasteiger partial charge in [0.2, 0.25) is 0 Å². The molecule has 1 saturated heterocycles. The Labute approximate surface area is 114 Å². The number of aliphatic hydroxyl groups excluding tert-OH is 2. The van der Waals surface area contributed by atoms with Gasteiger partial charge in [0.1, 0.15) is 24.1 Å². The molecule has 2 rings (SSSR count).